The number of carbonyl (C=O) groups excluding carboxylic acids is 1. The third-order valence-corrected chi connectivity index (χ3v) is 7.76. The maximum absolute atomic E-state index is 12.6. The minimum Gasteiger partial charge on any atom is -0.387 e. The Balaban J connectivity index is 1.29. The lowest BCUT2D eigenvalue weighted by molar-refractivity contribution is -0.132. The largest absolute Gasteiger partial charge is 0.437 e. The molecular weight excluding hydrogens is 440 g/mol. The first-order valence-corrected chi connectivity index (χ1v) is 12.3. The van der Waals surface area contributed by atoms with E-state index in [1.165, 1.54) is 15.6 Å². The van der Waals surface area contributed by atoms with E-state index in [-0.39, 0.29) is 43.6 Å². The molecule has 1 saturated heterocycles. The Morgan fingerprint density at radius 2 is 1.81 bits per heavy atom. The highest BCUT2D eigenvalue weighted by atomic mass is 32.2. The fourth-order valence-electron chi connectivity index (χ4n) is 3.40. The molecule has 31 heavy (non-hydrogen) atoms. The van der Waals surface area contributed by atoms with Crippen molar-refractivity contribution in [3.05, 3.63) is 64.0 Å². The van der Waals surface area contributed by atoms with Gasteiger partial charge in [-0.3, -0.25) is 4.79 Å². The summed E-state index contributed by atoms with van der Waals surface area (Å²) >= 11 is 1.41. The molecule has 0 unspecified atom stereocenters. The number of nitrogens with zero attached hydrogens (tertiary/aromatic N) is 4. The first-order valence-electron chi connectivity index (χ1n) is 9.84. The lowest BCUT2D eigenvalue weighted by Gasteiger charge is -2.34. The molecule has 0 atom stereocenters. The Kier molecular flexibility index (Phi) is 6.35. The molecule has 0 spiro atoms. The van der Waals surface area contributed by atoms with Crippen LogP contribution in [0.4, 0.5) is 0 Å². The molecule has 1 fully saturated rings. The van der Waals surface area contributed by atoms with Crippen LogP contribution in [0.25, 0.3) is 10.8 Å². The molecule has 3 aromatic rings. The molecule has 3 heterocycles. The van der Waals surface area contributed by atoms with Crippen molar-refractivity contribution < 1.29 is 17.6 Å². The van der Waals surface area contributed by atoms with Crippen molar-refractivity contribution in [3.8, 4) is 10.8 Å². The first kappa shape index (κ1) is 21.5. The summed E-state index contributed by atoms with van der Waals surface area (Å²) in [6.07, 6.45) is 0.0904. The maximum atomic E-state index is 12.6. The van der Waals surface area contributed by atoms with E-state index in [4.69, 9.17) is 4.42 Å². The number of hydrogen-bond acceptors (Lipinski definition) is 7. The van der Waals surface area contributed by atoms with Crippen LogP contribution in [0, 0.1) is 0 Å². The molecule has 1 amide bonds. The second-order valence-electron chi connectivity index (χ2n) is 7.15. The number of amides is 1. The van der Waals surface area contributed by atoms with Crippen LogP contribution < -0.4 is 5.76 Å². The Hall–Kier alpha value is -2.76. The van der Waals surface area contributed by atoms with Gasteiger partial charge in [-0.15, -0.1) is 16.4 Å². The van der Waals surface area contributed by atoms with Gasteiger partial charge in [0.1, 0.15) is 0 Å². The van der Waals surface area contributed by atoms with Crippen LogP contribution >= 0.6 is 11.3 Å². The van der Waals surface area contributed by atoms with Crippen molar-refractivity contribution in [1.29, 1.82) is 0 Å². The fourth-order valence-corrected chi connectivity index (χ4v) is 5.56. The van der Waals surface area contributed by atoms with Gasteiger partial charge in [-0.05, 0) is 17.0 Å². The van der Waals surface area contributed by atoms with Crippen LogP contribution in [0.5, 0.6) is 0 Å². The number of sulfonamides is 1. The molecule has 11 heteroatoms. The quantitative estimate of drug-likeness (QED) is 0.528. The van der Waals surface area contributed by atoms with E-state index < -0.39 is 15.8 Å². The monoisotopic (exact) mass is 462 g/mol. The molecule has 0 radical (unpaired) electrons. The van der Waals surface area contributed by atoms with Gasteiger partial charge in [-0.1, -0.05) is 36.4 Å². The molecule has 1 aliphatic heterocycles. The third kappa shape index (κ3) is 5.12. The lowest BCUT2D eigenvalue weighted by atomic mass is 10.2. The van der Waals surface area contributed by atoms with E-state index >= 15 is 0 Å². The fraction of sp³-hybridized carbons (Fsp3) is 0.350. The van der Waals surface area contributed by atoms with E-state index in [9.17, 15) is 18.0 Å². The topological polar surface area (TPSA) is 106 Å². The Labute approximate surface area is 183 Å². The predicted molar refractivity (Wildman–Crippen MR) is 116 cm³/mol. The number of aromatic nitrogens is 2. The Bertz CT molecular complexity index is 1180. The van der Waals surface area contributed by atoms with E-state index in [2.05, 4.69) is 5.10 Å². The van der Waals surface area contributed by atoms with Crippen molar-refractivity contribution >= 4 is 27.3 Å². The Morgan fingerprint density at radius 3 is 2.48 bits per heavy atom. The standard InChI is InChI=1S/C20H22N4O5S2/c25-18(8-9-24-20(26)29-19(21-24)17-7-4-14-30-17)22-10-12-23(13-11-22)31(27,28)15-16-5-2-1-3-6-16/h1-7,14H,8-13,15H2. The van der Waals surface area contributed by atoms with Gasteiger partial charge < -0.3 is 9.32 Å². The summed E-state index contributed by atoms with van der Waals surface area (Å²) in [4.78, 5) is 26.9. The van der Waals surface area contributed by atoms with Crippen LogP contribution in [0.3, 0.4) is 0 Å². The number of piperazine rings is 1. The molecule has 2 aromatic heterocycles. The third-order valence-electron chi connectivity index (χ3n) is 5.05. The minimum absolute atomic E-state index is 0.0521. The normalized spacial score (nSPS) is 15.3. The molecule has 4 rings (SSSR count). The van der Waals surface area contributed by atoms with E-state index in [0.29, 0.717) is 13.1 Å². The van der Waals surface area contributed by atoms with E-state index in [1.54, 1.807) is 23.1 Å². The smallest absolute Gasteiger partial charge is 0.387 e. The van der Waals surface area contributed by atoms with Gasteiger partial charge in [0.2, 0.25) is 15.9 Å². The van der Waals surface area contributed by atoms with Crippen LogP contribution in [-0.2, 0) is 27.1 Å². The van der Waals surface area contributed by atoms with Crippen molar-refractivity contribution in [1.82, 2.24) is 19.0 Å². The van der Waals surface area contributed by atoms with Gasteiger partial charge in [0, 0.05) is 32.6 Å². The summed E-state index contributed by atoms with van der Waals surface area (Å²) in [6, 6.07) is 12.7. The van der Waals surface area contributed by atoms with Gasteiger partial charge in [0.05, 0.1) is 17.2 Å². The molecule has 1 aliphatic rings. The first-order chi connectivity index (χ1) is 14.9. The summed E-state index contributed by atoms with van der Waals surface area (Å²) in [5.41, 5.74) is 0.737. The van der Waals surface area contributed by atoms with Gasteiger partial charge in [0.15, 0.2) is 0 Å². The van der Waals surface area contributed by atoms with Crippen molar-refractivity contribution in [3.63, 3.8) is 0 Å². The SMILES string of the molecule is O=C(CCn1nc(-c2cccs2)oc1=O)N1CCN(S(=O)(=O)Cc2ccccc2)CC1. The van der Waals surface area contributed by atoms with Crippen LogP contribution in [0.15, 0.2) is 57.1 Å². The molecule has 0 bridgehead atoms. The minimum atomic E-state index is -3.44. The highest BCUT2D eigenvalue weighted by Crippen LogP contribution is 2.21. The molecular formula is C20H22N4O5S2. The second-order valence-corrected chi connectivity index (χ2v) is 10.1. The number of thiophene rings is 1. The summed E-state index contributed by atoms with van der Waals surface area (Å²) in [6.45, 7) is 1.27. The highest BCUT2D eigenvalue weighted by Gasteiger charge is 2.29. The summed E-state index contributed by atoms with van der Waals surface area (Å²) in [7, 11) is -3.44. The van der Waals surface area contributed by atoms with Crippen LogP contribution in [-0.4, -0.2) is 59.5 Å². The molecule has 0 N–H and O–H groups in total. The zero-order chi connectivity index (χ0) is 21.8. The zero-order valence-electron chi connectivity index (χ0n) is 16.7. The van der Waals surface area contributed by atoms with E-state index in [1.807, 2.05) is 29.6 Å². The van der Waals surface area contributed by atoms with Crippen LogP contribution in [0.2, 0.25) is 0 Å². The zero-order valence-corrected chi connectivity index (χ0v) is 18.3. The Morgan fingerprint density at radius 1 is 1.06 bits per heavy atom. The number of rotatable bonds is 7. The predicted octanol–water partition coefficient (Wildman–Crippen LogP) is 1.63. The highest BCUT2D eigenvalue weighted by molar-refractivity contribution is 7.88. The van der Waals surface area contributed by atoms with Gasteiger partial charge in [-0.2, -0.15) is 8.99 Å². The summed E-state index contributed by atoms with van der Waals surface area (Å²) in [5.74, 6) is -0.561. The lowest BCUT2D eigenvalue weighted by Crippen LogP contribution is -2.50. The number of aryl methyl sites for hydroxylation is 1. The van der Waals surface area contributed by atoms with Crippen molar-refractivity contribution in [2.75, 3.05) is 26.2 Å². The number of hydrogen-bond donors (Lipinski definition) is 0. The van der Waals surface area contributed by atoms with Gasteiger partial charge in [0.25, 0.3) is 5.89 Å². The number of carbonyl (C=O) groups is 1. The molecule has 9 nitrogen and oxygen atoms in total. The molecule has 1 aromatic carbocycles. The summed E-state index contributed by atoms with van der Waals surface area (Å²) in [5, 5.41) is 6.00. The molecule has 0 aliphatic carbocycles. The average Bonchev–Trinajstić information content (AvgIpc) is 3.42. The van der Waals surface area contributed by atoms with E-state index in [0.717, 1.165) is 15.1 Å². The van der Waals surface area contributed by atoms with Crippen molar-refractivity contribution in [2.24, 2.45) is 0 Å². The second kappa shape index (κ2) is 9.16. The maximum Gasteiger partial charge on any atom is 0.437 e. The van der Waals surface area contributed by atoms with Gasteiger partial charge >= 0.3 is 5.76 Å². The molecule has 164 valence electrons. The molecule has 0 saturated carbocycles. The average molecular weight is 463 g/mol. The number of benzene rings is 1. The summed E-state index contributed by atoms with van der Waals surface area (Å²) < 4.78 is 33.0. The van der Waals surface area contributed by atoms with Gasteiger partial charge in [-0.25, -0.2) is 13.2 Å². The van der Waals surface area contributed by atoms with Crippen LogP contribution in [0.1, 0.15) is 12.0 Å². The van der Waals surface area contributed by atoms with Crippen molar-refractivity contribution in [2.45, 2.75) is 18.7 Å².